The summed E-state index contributed by atoms with van der Waals surface area (Å²) in [5.74, 6) is -0.935. The number of carbonyl (C=O) groups is 2. The largest absolute Gasteiger partial charge is 0.481 e. The highest BCUT2D eigenvalue weighted by Crippen LogP contribution is 2.16. The van der Waals surface area contributed by atoms with Crippen LogP contribution in [0.1, 0.15) is 37.8 Å². The highest BCUT2D eigenvalue weighted by Gasteiger charge is 2.19. The minimum Gasteiger partial charge on any atom is -0.481 e. The number of hydrogen-bond donors (Lipinski definition) is 2. The Balaban J connectivity index is 2.70. The predicted octanol–water partition coefficient (Wildman–Crippen LogP) is 2.64. The standard InChI is InChI=1S/C15H22N2O3/c1-3-4-10-17(2)15(20)16-13(11-14(18)19)12-8-6-5-7-9-12/h5-9,13H,3-4,10-11H2,1-2H3,(H,16,20)(H,18,19). The van der Waals surface area contributed by atoms with E-state index in [1.54, 1.807) is 11.9 Å². The lowest BCUT2D eigenvalue weighted by Crippen LogP contribution is -2.40. The summed E-state index contributed by atoms with van der Waals surface area (Å²) in [6, 6.07) is 8.41. The fourth-order valence-electron chi connectivity index (χ4n) is 1.87. The Kier molecular flexibility index (Phi) is 6.56. The van der Waals surface area contributed by atoms with E-state index in [0.29, 0.717) is 6.54 Å². The van der Waals surface area contributed by atoms with Crippen LogP contribution in [0.2, 0.25) is 0 Å². The topological polar surface area (TPSA) is 69.6 Å². The van der Waals surface area contributed by atoms with Gasteiger partial charge in [0, 0.05) is 13.6 Å². The van der Waals surface area contributed by atoms with Gasteiger partial charge in [0.15, 0.2) is 0 Å². The number of urea groups is 1. The quantitative estimate of drug-likeness (QED) is 0.805. The third-order valence-corrected chi connectivity index (χ3v) is 3.07. The van der Waals surface area contributed by atoms with Crippen LogP contribution in [0, 0.1) is 0 Å². The number of hydrogen-bond acceptors (Lipinski definition) is 2. The molecule has 0 spiro atoms. The van der Waals surface area contributed by atoms with Crippen LogP contribution >= 0.6 is 0 Å². The molecule has 0 saturated heterocycles. The van der Waals surface area contributed by atoms with Crippen LogP contribution in [0.25, 0.3) is 0 Å². The highest BCUT2D eigenvalue weighted by atomic mass is 16.4. The van der Waals surface area contributed by atoms with E-state index in [4.69, 9.17) is 5.11 Å². The van der Waals surface area contributed by atoms with Crippen molar-refractivity contribution in [2.45, 2.75) is 32.2 Å². The van der Waals surface area contributed by atoms with Crippen molar-refractivity contribution < 1.29 is 14.7 Å². The molecule has 1 rings (SSSR count). The molecule has 20 heavy (non-hydrogen) atoms. The van der Waals surface area contributed by atoms with Crippen LogP contribution in [0.3, 0.4) is 0 Å². The zero-order chi connectivity index (χ0) is 15.0. The Morgan fingerprint density at radius 1 is 1.30 bits per heavy atom. The van der Waals surface area contributed by atoms with Gasteiger partial charge in [0.2, 0.25) is 0 Å². The van der Waals surface area contributed by atoms with Crippen molar-refractivity contribution in [1.29, 1.82) is 0 Å². The van der Waals surface area contributed by atoms with Crippen molar-refractivity contribution in [3.8, 4) is 0 Å². The van der Waals surface area contributed by atoms with Gasteiger partial charge in [0.1, 0.15) is 0 Å². The molecule has 1 aromatic rings. The van der Waals surface area contributed by atoms with E-state index in [0.717, 1.165) is 18.4 Å². The summed E-state index contributed by atoms with van der Waals surface area (Å²) in [5.41, 5.74) is 0.798. The number of rotatable bonds is 7. The smallest absolute Gasteiger partial charge is 0.317 e. The summed E-state index contributed by atoms with van der Waals surface area (Å²) in [6.07, 6.45) is 1.81. The molecule has 1 aromatic carbocycles. The lowest BCUT2D eigenvalue weighted by Gasteiger charge is -2.23. The first-order chi connectivity index (χ1) is 9.54. The van der Waals surface area contributed by atoms with E-state index in [9.17, 15) is 9.59 Å². The summed E-state index contributed by atoms with van der Waals surface area (Å²) in [5, 5.41) is 11.8. The van der Waals surface area contributed by atoms with Gasteiger partial charge >= 0.3 is 12.0 Å². The Bertz CT molecular complexity index is 434. The van der Waals surface area contributed by atoms with Gasteiger partial charge in [-0.2, -0.15) is 0 Å². The molecule has 0 aromatic heterocycles. The van der Waals surface area contributed by atoms with Crippen molar-refractivity contribution in [3.05, 3.63) is 35.9 Å². The Hall–Kier alpha value is -2.04. The number of aliphatic carboxylic acids is 1. The van der Waals surface area contributed by atoms with Crippen molar-refractivity contribution >= 4 is 12.0 Å². The number of carbonyl (C=O) groups excluding carboxylic acids is 1. The molecule has 0 fully saturated rings. The average molecular weight is 278 g/mol. The second kappa shape index (κ2) is 8.19. The van der Waals surface area contributed by atoms with Crippen LogP contribution in [-0.2, 0) is 4.79 Å². The molecule has 0 saturated carbocycles. The first-order valence-electron chi connectivity index (χ1n) is 6.83. The molecule has 0 bridgehead atoms. The summed E-state index contributed by atoms with van der Waals surface area (Å²) >= 11 is 0. The second-order valence-corrected chi connectivity index (χ2v) is 4.79. The second-order valence-electron chi connectivity index (χ2n) is 4.79. The van der Waals surface area contributed by atoms with Gasteiger partial charge in [-0.15, -0.1) is 0 Å². The minimum atomic E-state index is -0.935. The number of benzene rings is 1. The van der Waals surface area contributed by atoms with Crippen molar-refractivity contribution in [1.82, 2.24) is 10.2 Å². The zero-order valence-corrected chi connectivity index (χ0v) is 12.0. The van der Waals surface area contributed by atoms with E-state index in [2.05, 4.69) is 12.2 Å². The molecule has 0 aliphatic carbocycles. The Morgan fingerprint density at radius 3 is 2.50 bits per heavy atom. The molecule has 5 heteroatoms. The lowest BCUT2D eigenvalue weighted by atomic mass is 10.0. The van der Waals surface area contributed by atoms with Crippen molar-refractivity contribution in [3.63, 3.8) is 0 Å². The predicted molar refractivity (Wildman–Crippen MR) is 77.5 cm³/mol. The van der Waals surface area contributed by atoms with Crippen LogP contribution in [-0.4, -0.2) is 35.6 Å². The Morgan fingerprint density at radius 2 is 1.95 bits per heavy atom. The highest BCUT2D eigenvalue weighted by molar-refractivity contribution is 5.76. The fourth-order valence-corrected chi connectivity index (χ4v) is 1.87. The SMILES string of the molecule is CCCCN(C)C(=O)NC(CC(=O)O)c1ccccc1. The van der Waals surface area contributed by atoms with E-state index in [1.807, 2.05) is 30.3 Å². The van der Waals surface area contributed by atoms with E-state index >= 15 is 0 Å². The summed E-state index contributed by atoms with van der Waals surface area (Å²) in [7, 11) is 1.72. The van der Waals surface area contributed by atoms with Crippen molar-refractivity contribution in [2.24, 2.45) is 0 Å². The van der Waals surface area contributed by atoms with Gasteiger partial charge in [-0.3, -0.25) is 4.79 Å². The van der Waals surface area contributed by atoms with Crippen LogP contribution in [0.5, 0.6) is 0 Å². The van der Waals surface area contributed by atoms with Crippen LogP contribution in [0.4, 0.5) is 4.79 Å². The Labute approximate surface area is 119 Å². The fraction of sp³-hybridized carbons (Fsp3) is 0.467. The molecule has 0 radical (unpaired) electrons. The molecule has 0 heterocycles. The molecule has 2 N–H and O–H groups in total. The number of carboxylic acid groups (broad SMARTS) is 1. The maximum Gasteiger partial charge on any atom is 0.317 e. The lowest BCUT2D eigenvalue weighted by molar-refractivity contribution is -0.137. The normalized spacial score (nSPS) is 11.7. The average Bonchev–Trinajstić information content (AvgIpc) is 2.44. The molecule has 1 unspecified atom stereocenters. The van der Waals surface area contributed by atoms with Crippen LogP contribution in [0.15, 0.2) is 30.3 Å². The van der Waals surface area contributed by atoms with E-state index < -0.39 is 12.0 Å². The number of carboxylic acids is 1. The van der Waals surface area contributed by atoms with Crippen molar-refractivity contribution in [2.75, 3.05) is 13.6 Å². The molecule has 0 aliphatic rings. The molecular weight excluding hydrogens is 256 g/mol. The number of nitrogens with one attached hydrogen (secondary N) is 1. The number of amides is 2. The van der Waals surface area contributed by atoms with E-state index in [-0.39, 0.29) is 12.5 Å². The summed E-state index contributed by atoms with van der Waals surface area (Å²) in [4.78, 5) is 24.6. The van der Waals surface area contributed by atoms with Gasteiger partial charge in [-0.1, -0.05) is 43.7 Å². The maximum absolute atomic E-state index is 12.0. The molecule has 0 aliphatic heterocycles. The number of nitrogens with zero attached hydrogens (tertiary/aromatic N) is 1. The third kappa shape index (κ3) is 5.30. The zero-order valence-electron chi connectivity index (χ0n) is 12.0. The first-order valence-corrected chi connectivity index (χ1v) is 6.83. The molecule has 110 valence electrons. The van der Waals surface area contributed by atoms with Gasteiger partial charge in [0.05, 0.1) is 12.5 Å². The molecule has 5 nitrogen and oxygen atoms in total. The first kappa shape index (κ1) is 16.0. The van der Waals surface area contributed by atoms with Gasteiger partial charge in [0.25, 0.3) is 0 Å². The molecular formula is C15H22N2O3. The third-order valence-electron chi connectivity index (χ3n) is 3.07. The van der Waals surface area contributed by atoms with Gasteiger partial charge in [-0.05, 0) is 12.0 Å². The summed E-state index contributed by atoms with van der Waals surface area (Å²) < 4.78 is 0. The van der Waals surface area contributed by atoms with E-state index in [1.165, 1.54) is 0 Å². The summed E-state index contributed by atoms with van der Waals surface area (Å²) in [6.45, 7) is 2.72. The molecule has 1 atom stereocenters. The minimum absolute atomic E-state index is 0.128. The van der Waals surface area contributed by atoms with Gasteiger partial charge in [-0.25, -0.2) is 4.79 Å². The maximum atomic E-state index is 12.0. The number of unbranched alkanes of at least 4 members (excludes halogenated alkanes) is 1. The van der Waals surface area contributed by atoms with Gasteiger partial charge < -0.3 is 15.3 Å². The van der Waals surface area contributed by atoms with Crippen LogP contribution < -0.4 is 5.32 Å². The molecule has 2 amide bonds. The monoisotopic (exact) mass is 278 g/mol.